The smallest absolute Gasteiger partial charge is 0.307 e. The predicted octanol–water partition coefficient (Wildman–Crippen LogP) is 1.88. The molecule has 1 N–H and O–H groups in total. The highest BCUT2D eigenvalue weighted by molar-refractivity contribution is 5.93. The summed E-state index contributed by atoms with van der Waals surface area (Å²) in [6, 6.07) is 5.25. The van der Waals surface area contributed by atoms with Gasteiger partial charge in [0.15, 0.2) is 0 Å². The zero-order valence-electron chi connectivity index (χ0n) is 15.9. The third-order valence-corrected chi connectivity index (χ3v) is 3.99. The first-order valence-corrected chi connectivity index (χ1v) is 8.18. The fourth-order valence-electron chi connectivity index (χ4n) is 2.32. The summed E-state index contributed by atoms with van der Waals surface area (Å²) in [4.78, 5) is 25.5. The maximum Gasteiger partial charge on any atom is 0.307 e. The first kappa shape index (κ1) is 21.5. The molecule has 0 saturated carbocycles. The second kappa shape index (κ2) is 9.82. The van der Waals surface area contributed by atoms with E-state index in [2.05, 4.69) is 4.74 Å². The third kappa shape index (κ3) is 5.77. The Labute approximate surface area is 154 Å². The SMILES string of the molecule is COC(=O)CCN(C(=O)/C=C/c1cc(OC)ccc1OC)C(C)(C)CO. The lowest BCUT2D eigenvalue weighted by atomic mass is 10.0. The highest BCUT2D eigenvalue weighted by Gasteiger charge is 2.29. The predicted molar refractivity (Wildman–Crippen MR) is 98.1 cm³/mol. The second-order valence-electron chi connectivity index (χ2n) is 6.23. The Kier molecular flexibility index (Phi) is 8.12. The molecular formula is C19H27NO6. The quantitative estimate of drug-likeness (QED) is 0.531. The van der Waals surface area contributed by atoms with Crippen LogP contribution < -0.4 is 9.47 Å². The van der Waals surface area contributed by atoms with Crippen molar-refractivity contribution < 1.29 is 28.9 Å². The minimum atomic E-state index is -0.825. The molecule has 0 aliphatic heterocycles. The van der Waals surface area contributed by atoms with Gasteiger partial charge in [0.05, 0.1) is 39.9 Å². The molecule has 1 aromatic carbocycles. The van der Waals surface area contributed by atoms with Gasteiger partial charge >= 0.3 is 5.97 Å². The van der Waals surface area contributed by atoms with Crippen LogP contribution in [-0.2, 0) is 14.3 Å². The van der Waals surface area contributed by atoms with Gasteiger partial charge in [-0.05, 0) is 38.1 Å². The number of nitrogens with zero attached hydrogens (tertiary/aromatic N) is 1. The van der Waals surface area contributed by atoms with E-state index in [9.17, 15) is 14.7 Å². The fraction of sp³-hybridized carbons (Fsp3) is 0.474. The van der Waals surface area contributed by atoms with E-state index in [1.165, 1.54) is 18.1 Å². The van der Waals surface area contributed by atoms with Crippen LogP contribution in [0.3, 0.4) is 0 Å². The molecule has 0 aromatic heterocycles. The summed E-state index contributed by atoms with van der Waals surface area (Å²) in [5.74, 6) is 0.473. The van der Waals surface area contributed by atoms with Crippen LogP contribution in [0.4, 0.5) is 0 Å². The number of hydrogen-bond donors (Lipinski definition) is 1. The molecule has 0 radical (unpaired) electrons. The number of carbonyl (C=O) groups is 2. The van der Waals surface area contributed by atoms with E-state index in [0.29, 0.717) is 17.1 Å². The Morgan fingerprint density at radius 2 is 1.88 bits per heavy atom. The average molecular weight is 365 g/mol. The van der Waals surface area contributed by atoms with E-state index < -0.39 is 11.5 Å². The monoisotopic (exact) mass is 365 g/mol. The van der Waals surface area contributed by atoms with Crippen molar-refractivity contribution in [2.75, 3.05) is 34.5 Å². The summed E-state index contributed by atoms with van der Waals surface area (Å²) in [6.45, 7) is 3.35. The zero-order chi connectivity index (χ0) is 19.7. The molecule has 1 amide bonds. The van der Waals surface area contributed by atoms with Crippen molar-refractivity contribution in [3.63, 3.8) is 0 Å². The second-order valence-corrected chi connectivity index (χ2v) is 6.23. The van der Waals surface area contributed by atoms with Gasteiger partial charge in [-0.25, -0.2) is 0 Å². The van der Waals surface area contributed by atoms with Gasteiger partial charge in [-0.1, -0.05) is 0 Å². The van der Waals surface area contributed by atoms with Gasteiger partial charge in [-0.3, -0.25) is 9.59 Å². The van der Waals surface area contributed by atoms with Crippen LogP contribution in [0.1, 0.15) is 25.8 Å². The Morgan fingerprint density at radius 3 is 2.42 bits per heavy atom. The number of aliphatic hydroxyl groups excluding tert-OH is 1. The molecule has 0 fully saturated rings. The van der Waals surface area contributed by atoms with Gasteiger partial charge in [0.2, 0.25) is 5.91 Å². The maximum absolute atomic E-state index is 12.7. The van der Waals surface area contributed by atoms with Gasteiger partial charge in [0.1, 0.15) is 11.5 Å². The fourth-order valence-corrected chi connectivity index (χ4v) is 2.32. The molecule has 0 aliphatic rings. The molecular weight excluding hydrogens is 338 g/mol. The molecule has 7 heteroatoms. The molecule has 0 saturated heterocycles. The van der Waals surface area contributed by atoms with Crippen LogP contribution in [0.2, 0.25) is 0 Å². The van der Waals surface area contributed by atoms with E-state index in [1.807, 2.05) is 0 Å². The standard InChI is InChI=1S/C19H27NO6/c1-19(2,13-21)20(11-10-18(23)26-5)17(22)9-6-14-12-15(24-3)7-8-16(14)25-4/h6-9,12,21H,10-11,13H2,1-5H3/b9-6+. The van der Waals surface area contributed by atoms with Gasteiger partial charge in [0.25, 0.3) is 0 Å². The van der Waals surface area contributed by atoms with Gasteiger partial charge in [0, 0.05) is 18.2 Å². The number of hydrogen-bond acceptors (Lipinski definition) is 6. The van der Waals surface area contributed by atoms with Crippen LogP contribution in [0.5, 0.6) is 11.5 Å². The maximum atomic E-state index is 12.7. The number of amides is 1. The van der Waals surface area contributed by atoms with Crippen LogP contribution in [0.25, 0.3) is 6.08 Å². The molecule has 26 heavy (non-hydrogen) atoms. The molecule has 0 bridgehead atoms. The molecule has 0 heterocycles. The first-order chi connectivity index (χ1) is 12.3. The van der Waals surface area contributed by atoms with Crippen molar-refractivity contribution in [2.45, 2.75) is 25.8 Å². The van der Waals surface area contributed by atoms with E-state index in [4.69, 9.17) is 9.47 Å². The van der Waals surface area contributed by atoms with E-state index in [-0.39, 0.29) is 25.5 Å². The highest BCUT2D eigenvalue weighted by atomic mass is 16.5. The Morgan fingerprint density at radius 1 is 1.19 bits per heavy atom. The summed E-state index contributed by atoms with van der Waals surface area (Å²) >= 11 is 0. The molecule has 0 aliphatic carbocycles. The summed E-state index contributed by atoms with van der Waals surface area (Å²) in [7, 11) is 4.39. The summed E-state index contributed by atoms with van der Waals surface area (Å²) in [5.41, 5.74) is -0.150. The number of aliphatic hydroxyl groups is 1. The minimum absolute atomic E-state index is 0.0436. The average Bonchev–Trinajstić information content (AvgIpc) is 2.65. The number of ether oxygens (including phenoxy) is 3. The largest absolute Gasteiger partial charge is 0.497 e. The van der Waals surface area contributed by atoms with Crippen molar-refractivity contribution in [1.82, 2.24) is 4.90 Å². The first-order valence-electron chi connectivity index (χ1n) is 8.18. The van der Waals surface area contributed by atoms with E-state index in [1.54, 1.807) is 52.3 Å². The van der Waals surface area contributed by atoms with E-state index >= 15 is 0 Å². The highest BCUT2D eigenvalue weighted by Crippen LogP contribution is 2.25. The molecule has 7 nitrogen and oxygen atoms in total. The van der Waals surface area contributed by atoms with Crippen LogP contribution in [-0.4, -0.2) is 61.9 Å². The minimum Gasteiger partial charge on any atom is -0.497 e. The molecule has 1 aromatic rings. The van der Waals surface area contributed by atoms with Crippen LogP contribution >= 0.6 is 0 Å². The van der Waals surface area contributed by atoms with Crippen LogP contribution in [0.15, 0.2) is 24.3 Å². The molecule has 144 valence electrons. The Balaban J connectivity index is 3.05. The number of rotatable bonds is 9. The number of benzene rings is 1. The lowest BCUT2D eigenvalue weighted by Gasteiger charge is -2.36. The molecule has 0 spiro atoms. The van der Waals surface area contributed by atoms with Crippen molar-refractivity contribution in [1.29, 1.82) is 0 Å². The van der Waals surface area contributed by atoms with Gasteiger partial charge < -0.3 is 24.2 Å². The molecule has 0 atom stereocenters. The van der Waals surface area contributed by atoms with Crippen LogP contribution in [0, 0.1) is 0 Å². The Bertz CT molecular complexity index is 653. The lowest BCUT2D eigenvalue weighted by Crippen LogP contribution is -2.50. The molecule has 1 rings (SSSR count). The number of esters is 1. The normalized spacial score (nSPS) is 11.3. The lowest BCUT2D eigenvalue weighted by molar-refractivity contribution is -0.142. The summed E-state index contributed by atoms with van der Waals surface area (Å²) in [6.07, 6.45) is 3.04. The summed E-state index contributed by atoms with van der Waals surface area (Å²) in [5, 5.41) is 9.60. The number of methoxy groups -OCH3 is 3. The Hall–Kier alpha value is -2.54. The topological polar surface area (TPSA) is 85.3 Å². The van der Waals surface area contributed by atoms with Crippen molar-refractivity contribution in [3.05, 3.63) is 29.8 Å². The van der Waals surface area contributed by atoms with Gasteiger partial charge in [-0.2, -0.15) is 0 Å². The summed E-state index contributed by atoms with van der Waals surface area (Å²) < 4.78 is 15.1. The number of carbonyl (C=O) groups excluding carboxylic acids is 2. The third-order valence-electron chi connectivity index (χ3n) is 3.99. The van der Waals surface area contributed by atoms with Gasteiger partial charge in [-0.15, -0.1) is 0 Å². The van der Waals surface area contributed by atoms with Crippen molar-refractivity contribution >= 4 is 18.0 Å². The van der Waals surface area contributed by atoms with E-state index in [0.717, 1.165) is 0 Å². The zero-order valence-corrected chi connectivity index (χ0v) is 15.9. The molecule has 0 unspecified atom stereocenters. The van der Waals surface area contributed by atoms with Crippen molar-refractivity contribution in [3.8, 4) is 11.5 Å². The van der Waals surface area contributed by atoms with Crippen molar-refractivity contribution in [2.24, 2.45) is 0 Å².